The van der Waals surface area contributed by atoms with Crippen LogP contribution in [0.15, 0.2) is 36.8 Å². The van der Waals surface area contributed by atoms with E-state index in [4.69, 9.17) is 5.11 Å². The minimum atomic E-state index is -0.0881. The zero-order chi connectivity index (χ0) is 13.5. The van der Waals surface area contributed by atoms with Crippen LogP contribution in [-0.4, -0.2) is 32.4 Å². The van der Waals surface area contributed by atoms with Crippen LogP contribution in [0.2, 0.25) is 0 Å². The molecule has 0 fully saturated rings. The first-order valence-electron chi connectivity index (χ1n) is 6.17. The summed E-state index contributed by atoms with van der Waals surface area (Å²) < 4.78 is 1.60. The van der Waals surface area contributed by atoms with Gasteiger partial charge in [-0.25, -0.2) is 9.67 Å². The normalized spacial score (nSPS) is 10.4. The van der Waals surface area contributed by atoms with Crippen LogP contribution < -0.4 is 5.32 Å². The van der Waals surface area contributed by atoms with Gasteiger partial charge in [0, 0.05) is 31.6 Å². The van der Waals surface area contributed by atoms with Gasteiger partial charge in [-0.15, -0.1) is 0 Å². The van der Waals surface area contributed by atoms with Crippen LogP contribution in [0.3, 0.4) is 0 Å². The highest BCUT2D eigenvalue weighted by molar-refractivity contribution is 5.92. The predicted molar refractivity (Wildman–Crippen MR) is 70.9 cm³/mol. The molecule has 100 valence electrons. The number of nitrogens with one attached hydrogen (secondary N) is 1. The highest BCUT2D eigenvalue weighted by Gasteiger charge is 2.09. The van der Waals surface area contributed by atoms with Crippen LogP contribution in [0, 0.1) is 0 Å². The number of aliphatic hydroxyl groups is 1. The molecule has 0 unspecified atom stereocenters. The van der Waals surface area contributed by atoms with Gasteiger partial charge in [-0.3, -0.25) is 4.79 Å². The lowest BCUT2D eigenvalue weighted by Crippen LogP contribution is -2.14. The summed E-state index contributed by atoms with van der Waals surface area (Å²) in [6.07, 6.45) is 6.75. The summed E-state index contributed by atoms with van der Waals surface area (Å²) in [6, 6.07) is 5.34. The Morgan fingerprint density at radius 3 is 2.95 bits per heavy atom. The second-order valence-corrected chi connectivity index (χ2v) is 4.05. The second-order valence-electron chi connectivity index (χ2n) is 4.05. The molecule has 19 heavy (non-hydrogen) atoms. The average Bonchev–Trinajstić information content (AvgIpc) is 2.93. The van der Waals surface area contributed by atoms with E-state index < -0.39 is 0 Å². The topological polar surface area (TPSA) is 80.0 Å². The first kappa shape index (κ1) is 13.2. The second kappa shape index (κ2) is 6.65. The molecule has 0 bridgehead atoms. The number of hydrogen-bond donors (Lipinski definition) is 2. The van der Waals surface area contributed by atoms with Crippen molar-refractivity contribution in [1.82, 2.24) is 14.8 Å². The minimum Gasteiger partial charge on any atom is -0.396 e. The molecule has 2 aromatic rings. The van der Waals surface area contributed by atoms with Crippen molar-refractivity contribution in [2.45, 2.75) is 19.3 Å². The SMILES string of the molecule is O=C(CCCCO)Nc1cccnc1-n1cccn1. The number of hydrogen-bond acceptors (Lipinski definition) is 4. The van der Waals surface area contributed by atoms with E-state index in [1.54, 1.807) is 41.5 Å². The number of anilines is 1. The molecule has 0 radical (unpaired) electrons. The van der Waals surface area contributed by atoms with Crippen LogP contribution in [0.4, 0.5) is 5.69 Å². The lowest BCUT2D eigenvalue weighted by atomic mass is 10.2. The Bertz CT molecular complexity index is 525. The van der Waals surface area contributed by atoms with E-state index in [0.717, 1.165) is 0 Å². The van der Waals surface area contributed by atoms with Crippen LogP contribution in [-0.2, 0) is 4.79 Å². The molecule has 6 heteroatoms. The lowest BCUT2D eigenvalue weighted by Gasteiger charge is -2.09. The fourth-order valence-corrected chi connectivity index (χ4v) is 1.68. The summed E-state index contributed by atoms with van der Waals surface area (Å²) in [7, 11) is 0. The molecule has 0 saturated heterocycles. The van der Waals surface area contributed by atoms with Crippen molar-refractivity contribution >= 4 is 11.6 Å². The zero-order valence-corrected chi connectivity index (χ0v) is 10.5. The first-order chi connectivity index (χ1) is 9.31. The number of aliphatic hydroxyl groups excluding tert-OH is 1. The molecule has 0 saturated carbocycles. The maximum Gasteiger partial charge on any atom is 0.224 e. The van der Waals surface area contributed by atoms with E-state index >= 15 is 0 Å². The van der Waals surface area contributed by atoms with E-state index in [1.165, 1.54) is 0 Å². The zero-order valence-electron chi connectivity index (χ0n) is 10.5. The van der Waals surface area contributed by atoms with E-state index in [0.29, 0.717) is 30.8 Å². The van der Waals surface area contributed by atoms with Crippen LogP contribution in [0.25, 0.3) is 5.82 Å². The minimum absolute atomic E-state index is 0.0881. The fraction of sp³-hybridized carbons (Fsp3) is 0.308. The molecule has 2 rings (SSSR count). The largest absolute Gasteiger partial charge is 0.396 e. The third-order valence-corrected chi connectivity index (χ3v) is 2.59. The monoisotopic (exact) mass is 260 g/mol. The van der Waals surface area contributed by atoms with E-state index in [1.807, 2.05) is 0 Å². The van der Waals surface area contributed by atoms with Gasteiger partial charge in [0.2, 0.25) is 5.91 Å². The van der Waals surface area contributed by atoms with Crippen molar-refractivity contribution in [3.8, 4) is 5.82 Å². The van der Waals surface area contributed by atoms with Crippen LogP contribution >= 0.6 is 0 Å². The van der Waals surface area contributed by atoms with Gasteiger partial charge < -0.3 is 10.4 Å². The Kier molecular flexibility index (Phi) is 4.63. The summed E-state index contributed by atoms with van der Waals surface area (Å²) in [5.41, 5.74) is 0.625. The molecule has 0 aromatic carbocycles. The van der Waals surface area contributed by atoms with Gasteiger partial charge >= 0.3 is 0 Å². The van der Waals surface area contributed by atoms with Gasteiger partial charge in [0.1, 0.15) is 0 Å². The van der Waals surface area contributed by atoms with Gasteiger partial charge in [0.05, 0.1) is 5.69 Å². The molecule has 0 aliphatic heterocycles. The summed E-state index contributed by atoms with van der Waals surface area (Å²) in [5.74, 6) is 0.498. The highest BCUT2D eigenvalue weighted by atomic mass is 16.3. The maximum absolute atomic E-state index is 11.8. The maximum atomic E-state index is 11.8. The molecule has 2 N–H and O–H groups in total. The molecule has 6 nitrogen and oxygen atoms in total. The third-order valence-electron chi connectivity index (χ3n) is 2.59. The summed E-state index contributed by atoms with van der Waals surface area (Å²) >= 11 is 0. The summed E-state index contributed by atoms with van der Waals surface area (Å²) in [4.78, 5) is 16.0. The van der Waals surface area contributed by atoms with Crippen LogP contribution in [0.1, 0.15) is 19.3 Å². The van der Waals surface area contributed by atoms with Gasteiger partial charge in [-0.2, -0.15) is 5.10 Å². The molecule has 0 aliphatic rings. The standard InChI is InChI=1S/C13H16N4O2/c18-10-2-1-6-12(19)16-11-5-3-7-14-13(11)17-9-4-8-15-17/h3-5,7-9,18H,1-2,6,10H2,(H,16,19). The van der Waals surface area contributed by atoms with Crippen molar-refractivity contribution in [2.75, 3.05) is 11.9 Å². The van der Waals surface area contributed by atoms with E-state index in [-0.39, 0.29) is 12.5 Å². The third kappa shape index (κ3) is 3.62. The van der Waals surface area contributed by atoms with Gasteiger partial charge in [-0.05, 0) is 31.0 Å². The molecular formula is C13H16N4O2. The Morgan fingerprint density at radius 1 is 1.32 bits per heavy atom. The lowest BCUT2D eigenvalue weighted by molar-refractivity contribution is -0.116. The Morgan fingerprint density at radius 2 is 2.21 bits per heavy atom. The molecule has 0 atom stereocenters. The number of unbranched alkanes of at least 4 members (excludes halogenated alkanes) is 1. The molecule has 2 heterocycles. The van der Waals surface area contributed by atoms with Gasteiger partial charge in [0.15, 0.2) is 5.82 Å². The highest BCUT2D eigenvalue weighted by Crippen LogP contribution is 2.16. The van der Waals surface area contributed by atoms with Crippen molar-refractivity contribution in [2.24, 2.45) is 0 Å². The van der Waals surface area contributed by atoms with Crippen molar-refractivity contribution in [1.29, 1.82) is 0 Å². The number of carbonyl (C=O) groups is 1. The molecule has 0 spiro atoms. The average molecular weight is 260 g/mol. The van der Waals surface area contributed by atoms with Gasteiger partial charge in [-0.1, -0.05) is 0 Å². The first-order valence-corrected chi connectivity index (χ1v) is 6.17. The molecule has 1 amide bonds. The number of amides is 1. The number of nitrogens with zero attached hydrogens (tertiary/aromatic N) is 3. The number of rotatable bonds is 6. The quantitative estimate of drug-likeness (QED) is 0.769. The van der Waals surface area contributed by atoms with Crippen molar-refractivity contribution < 1.29 is 9.90 Å². The van der Waals surface area contributed by atoms with E-state index in [9.17, 15) is 4.79 Å². The predicted octanol–water partition coefficient (Wildman–Crippen LogP) is 1.37. The van der Waals surface area contributed by atoms with E-state index in [2.05, 4.69) is 15.4 Å². The smallest absolute Gasteiger partial charge is 0.224 e. The fourth-order valence-electron chi connectivity index (χ4n) is 1.68. The van der Waals surface area contributed by atoms with Crippen LogP contribution in [0.5, 0.6) is 0 Å². The summed E-state index contributed by atoms with van der Waals surface area (Å²) in [5, 5.41) is 15.6. The number of carbonyl (C=O) groups excluding carboxylic acids is 1. The Hall–Kier alpha value is -2.21. The van der Waals surface area contributed by atoms with Crippen molar-refractivity contribution in [3.63, 3.8) is 0 Å². The summed E-state index contributed by atoms with van der Waals surface area (Å²) in [6.45, 7) is 0.110. The Balaban J connectivity index is 2.06. The molecule has 0 aliphatic carbocycles. The molecule has 2 aromatic heterocycles. The Labute approximate surface area is 111 Å². The number of pyridine rings is 1. The number of aromatic nitrogens is 3. The van der Waals surface area contributed by atoms with Crippen molar-refractivity contribution in [3.05, 3.63) is 36.8 Å². The van der Waals surface area contributed by atoms with Gasteiger partial charge in [0.25, 0.3) is 0 Å². The molecular weight excluding hydrogens is 244 g/mol.